The summed E-state index contributed by atoms with van der Waals surface area (Å²) in [5.41, 5.74) is 3.20. The minimum atomic E-state index is -0.550. The van der Waals surface area contributed by atoms with Crippen molar-refractivity contribution in [3.8, 4) is 5.75 Å². The molecule has 2 nitrogen and oxygen atoms in total. The van der Waals surface area contributed by atoms with E-state index in [2.05, 4.69) is 28.9 Å². The Kier molecular flexibility index (Phi) is 4.61. The molecule has 3 heteroatoms. The van der Waals surface area contributed by atoms with Crippen molar-refractivity contribution in [2.75, 3.05) is 7.11 Å². The molecule has 0 fully saturated rings. The Balaban J connectivity index is 2.25. The molecule has 0 saturated heterocycles. The lowest BCUT2D eigenvalue weighted by molar-refractivity contribution is 0.177. The van der Waals surface area contributed by atoms with Crippen molar-refractivity contribution in [1.29, 1.82) is 0 Å². The van der Waals surface area contributed by atoms with Crippen LogP contribution in [0.15, 0.2) is 46.9 Å². The number of rotatable bonds is 4. The minimum Gasteiger partial charge on any atom is -0.497 e. The average molecular weight is 321 g/mol. The van der Waals surface area contributed by atoms with Crippen molar-refractivity contribution in [2.45, 2.75) is 19.4 Å². The van der Waals surface area contributed by atoms with Crippen LogP contribution in [0, 0.1) is 6.92 Å². The van der Waals surface area contributed by atoms with Gasteiger partial charge in [-0.25, -0.2) is 0 Å². The first-order chi connectivity index (χ1) is 9.11. The van der Waals surface area contributed by atoms with E-state index in [1.165, 1.54) is 5.56 Å². The molecule has 2 aromatic rings. The molecule has 1 unspecified atom stereocenters. The Morgan fingerprint density at radius 1 is 1.21 bits per heavy atom. The second kappa shape index (κ2) is 6.22. The van der Waals surface area contributed by atoms with Gasteiger partial charge < -0.3 is 9.84 Å². The molecule has 2 aromatic carbocycles. The molecule has 0 bridgehead atoms. The van der Waals surface area contributed by atoms with Gasteiger partial charge in [-0.2, -0.15) is 0 Å². The van der Waals surface area contributed by atoms with E-state index in [-0.39, 0.29) is 0 Å². The molecular formula is C16H17BrO2. The van der Waals surface area contributed by atoms with Gasteiger partial charge in [-0.15, -0.1) is 0 Å². The highest BCUT2D eigenvalue weighted by Crippen LogP contribution is 2.30. The lowest BCUT2D eigenvalue weighted by Crippen LogP contribution is -2.04. The van der Waals surface area contributed by atoms with E-state index in [0.717, 1.165) is 21.3 Å². The van der Waals surface area contributed by atoms with Gasteiger partial charge in [0.25, 0.3) is 0 Å². The number of halogens is 1. The second-order valence-electron chi connectivity index (χ2n) is 4.53. The third-order valence-electron chi connectivity index (χ3n) is 3.24. The van der Waals surface area contributed by atoms with Gasteiger partial charge in [-0.3, -0.25) is 0 Å². The van der Waals surface area contributed by atoms with Crippen molar-refractivity contribution in [3.63, 3.8) is 0 Å². The van der Waals surface area contributed by atoms with Gasteiger partial charge in [-0.1, -0.05) is 40.2 Å². The molecule has 0 aliphatic carbocycles. The first-order valence-electron chi connectivity index (χ1n) is 6.18. The molecule has 2 rings (SSSR count). The van der Waals surface area contributed by atoms with Gasteiger partial charge in [0.15, 0.2) is 0 Å². The predicted molar refractivity (Wildman–Crippen MR) is 80.5 cm³/mol. The summed E-state index contributed by atoms with van der Waals surface area (Å²) in [7, 11) is 1.63. The summed E-state index contributed by atoms with van der Waals surface area (Å²) >= 11 is 3.48. The van der Waals surface area contributed by atoms with Crippen molar-refractivity contribution in [3.05, 3.63) is 63.6 Å². The number of ether oxygens (including phenoxy) is 1. The van der Waals surface area contributed by atoms with E-state index in [1.54, 1.807) is 7.11 Å². The highest BCUT2D eigenvalue weighted by Gasteiger charge is 2.14. The van der Waals surface area contributed by atoms with Crippen molar-refractivity contribution < 1.29 is 9.84 Å². The Morgan fingerprint density at radius 2 is 1.95 bits per heavy atom. The Bertz CT molecular complexity index is 566. The summed E-state index contributed by atoms with van der Waals surface area (Å²) in [6, 6.07) is 13.7. The maximum Gasteiger partial charge on any atom is 0.119 e. The molecule has 0 saturated carbocycles. The first-order valence-corrected chi connectivity index (χ1v) is 6.97. The topological polar surface area (TPSA) is 29.5 Å². The maximum atomic E-state index is 10.4. The van der Waals surface area contributed by atoms with Crippen molar-refractivity contribution in [2.24, 2.45) is 0 Å². The van der Waals surface area contributed by atoms with E-state index in [4.69, 9.17) is 4.74 Å². The van der Waals surface area contributed by atoms with Crippen LogP contribution in [-0.4, -0.2) is 12.2 Å². The van der Waals surface area contributed by atoms with Crippen LogP contribution in [0.25, 0.3) is 0 Å². The van der Waals surface area contributed by atoms with Crippen LogP contribution in [0.2, 0.25) is 0 Å². The molecule has 1 atom stereocenters. The third kappa shape index (κ3) is 3.37. The van der Waals surface area contributed by atoms with Crippen LogP contribution in [0.3, 0.4) is 0 Å². The third-order valence-corrected chi connectivity index (χ3v) is 3.96. The van der Waals surface area contributed by atoms with Gasteiger partial charge in [0, 0.05) is 10.9 Å². The van der Waals surface area contributed by atoms with Crippen molar-refractivity contribution >= 4 is 15.9 Å². The monoisotopic (exact) mass is 320 g/mol. The number of aliphatic hydroxyl groups is 1. The van der Waals surface area contributed by atoms with Gasteiger partial charge in [0.05, 0.1) is 13.2 Å². The van der Waals surface area contributed by atoms with E-state index in [9.17, 15) is 5.11 Å². The molecule has 0 radical (unpaired) electrons. The van der Waals surface area contributed by atoms with Crippen molar-refractivity contribution in [1.82, 2.24) is 0 Å². The molecule has 0 spiro atoms. The predicted octanol–water partition coefficient (Wildman–Crippen LogP) is 4.04. The summed E-state index contributed by atoms with van der Waals surface area (Å²) in [4.78, 5) is 0. The number of hydrogen-bond donors (Lipinski definition) is 1. The van der Waals surface area contributed by atoms with Crippen LogP contribution in [0.1, 0.15) is 22.8 Å². The van der Waals surface area contributed by atoms with Crippen LogP contribution in [-0.2, 0) is 6.42 Å². The Labute approximate surface area is 122 Å². The molecule has 0 aliphatic heterocycles. The number of aliphatic hydroxyl groups excluding tert-OH is 1. The molecule has 0 amide bonds. The number of methoxy groups -OCH3 is 1. The standard InChI is InChI=1S/C16H17BrO2/c1-11-5-3-4-6-12(11)9-16(18)14-10-13(19-2)7-8-15(14)17/h3-8,10,16,18H,9H2,1-2H3. The number of aryl methyl sites for hydroxylation is 1. The minimum absolute atomic E-state index is 0.550. The fraction of sp³-hybridized carbons (Fsp3) is 0.250. The molecule has 19 heavy (non-hydrogen) atoms. The fourth-order valence-corrected chi connectivity index (χ4v) is 2.57. The fourth-order valence-electron chi connectivity index (χ4n) is 2.06. The molecule has 1 N–H and O–H groups in total. The average Bonchev–Trinajstić information content (AvgIpc) is 2.42. The van der Waals surface area contributed by atoms with E-state index in [1.807, 2.05) is 36.4 Å². The summed E-state index contributed by atoms with van der Waals surface area (Å²) in [5.74, 6) is 0.752. The zero-order valence-electron chi connectivity index (χ0n) is 11.1. The molecule has 0 aliphatic rings. The maximum absolute atomic E-state index is 10.4. The lowest BCUT2D eigenvalue weighted by atomic mass is 9.98. The molecule has 100 valence electrons. The van der Waals surface area contributed by atoms with Gasteiger partial charge in [0.1, 0.15) is 5.75 Å². The largest absolute Gasteiger partial charge is 0.497 e. The van der Waals surface area contributed by atoms with Crippen LogP contribution in [0.5, 0.6) is 5.75 Å². The van der Waals surface area contributed by atoms with Crippen LogP contribution < -0.4 is 4.74 Å². The van der Waals surface area contributed by atoms with Gasteiger partial charge in [0.2, 0.25) is 0 Å². The number of hydrogen-bond acceptors (Lipinski definition) is 2. The highest BCUT2D eigenvalue weighted by molar-refractivity contribution is 9.10. The normalized spacial score (nSPS) is 12.2. The van der Waals surface area contributed by atoms with E-state index < -0.39 is 6.10 Å². The first kappa shape index (κ1) is 14.1. The zero-order valence-corrected chi connectivity index (χ0v) is 12.6. The molecule has 0 aromatic heterocycles. The lowest BCUT2D eigenvalue weighted by Gasteiger charge is -2.15. The quantitative estimate of drug-likeness (QED) is 0.921. The summed E-state index contributed by atoms with van der Waals surface area (Å²) < 4.78 is 6.10. The second-order valence-corrected chi connectivity index (χ2v) is 5.39. The zero-order chi connectivity index (χ0) is 13.8. The Hall–Kier alpha value is -1.32. The smallest absolute Gasteiger partial charge is 0.119 e. The highest BCUT2D eigenvalue weighted by atomic mass is 79.9. The molecular weight excluding hydrogens is 304 g/mol. The Morgan fingerprint density at radius 3 is 2.63 bits per heavy atom. The van der Waals surface area contributed by atoms with Crippen LogP contribution >= 0.6 is 15.9 Å². The summed E-state index contributed by atoms with van der Waals surface area (Å²) in [6.07, 6.45) is 0.0453. The SMILES string of the molecule is COc1ccc(Br)c(C(O)Cc2ccccc2C)c1. The van der Waals surface area contributed by atoms with Gasteiger partial charge in [-0.05, 0) is 41.8 Å². The van der Waals surface area contributed by atoms with Gasteiger partial charge >= 0.3 is 0 Å². The number of benzene rings is 2. The summed E-state index contributed by atoms with van der Waals surface area (Å²) in [5, 5.41) is 10.4. The van der Waals surface area contributed by atoms with Crippen LogP contribution in [0.4, 0.5) is 0 Å². The van der Waals surface area contributed by atoms with E-state index >= 15 is 0 Å². The summed E-state index contributed by atoms with van der Waals surface area (Å²) in [6.45, 7) is 2.06. The molecule has 0 heterocycles. The van der Waals surface area contributed by atoms with E-state index in [0.29, 0.717) is 6.42 Å².